The summed E-state index contributed by atoms with van der Waals surface area (Å²) < 4.78 is 2.12. The second-order valence-electron chi connectivity index (χ2n) is 5.76. The van der Waals surface area contributed by atoms with E-state index in [9.17, 15) is 0 Å². The summed E-state index contributed by atoms with van der Waals surface area (Å²) in [6, 6.07) is 0. The molecule has 1 fully saturated rings. The van der Waals surface area contributed by atoms with E-state index in [1.54, 1.807) is 0 Å². The van der Waals surface area contributed by atoms with Crippen LogP contribution in [0.2, 0.25) is 0 Å². The Morgan fingerprint density at radius 3 is 3.00 bits per heavy atom. The zero-order chi connectivity index (χ0) is 12.8. The van der Waals surface area contributed by atoms with Crippen LogP contribution in [0.1, 0.15) is 44.6 Å². The molecule has 102 valence electrons. The van der Waals surface area contributed by atoms with Crippen molar-refractivity contribution in [1.29, 1.82) is 0 Å². The summed E-state index contributed by atoms with van der Waals surface area (Å²) in [4.78, 5) is 2.65. The van der Waals surface area contributed by atoms with Gasteiger partial charge in [-0.25, -0.2) is 0 Å². The molecular weight excluding hydrogens is 222 g/mol. The van der Waals surface area contributed by atoms with Crippen molar-refractivity contribution in [3.8, 4) is 0 Å². The van der Waals surface area contributed by atoms with Gasteiger partial charge in [0.05, 0.1) is 6.20 Å². The van der Waals surface area contributed by atoms with E-state index < -0.39 is 0 Å². The second kappa shape index (κ2) is 6.93. The lowest BCUT2D eigenvalue weighted by Crippen LogP contribution is -2.37. The van der Waals surface area contributed by atoms with Crippen LogP contribution >= 0.6 is 0 Å². The molecule has 0 N–H and O–H groups in total. The van der Waals surface area contributed by atoms with Gasteiger partial charge >= 0.3 is 0 Å². The quantitative estimate of drug-likeness (QED) is 0.722. The van der Waals surface area contributed by atoms with E-state index in [0.29, 0.717) is 0 Å². The molecule has 0 aliphatic carbocycles. The van der Waals surface area contributed by atoms with Gasteiger partial charge in [0, 0.05) is 19.3 Å². The van der Waals surface area contributed by atoms with Crippen LogP contribution in [-0.2, 0) is 6.54 Å². The van der Waals surface area contributed by atoms with Crippen LogP contribution in [-0.4, -0.2) is 34.3 Å². The van der Waals surface area contributed by atoms with Gasteiger partial charge in [0.1, 0.15) is 0 Å². The molecule has 18 heavy (non-hydrogen) atoms. The normalized spacial score (nSPS) is 21.3. The highest BCUT2D eigenvalue weighted by Crippen LogP contribution is 2.18. The van der Waals surface area contributed by atoms with Crippen LogP contribution in [0.3, 0.4) is 0 Å². The van der Waals surface area contributed by atoms with Gasteiger partial charge in [0.25, 0.3) is 0 Å². The van der Waals surface area contributed by atoms with Crippen molar-refractivity contribution in [1.82, 2.24) is 14.7 Å². The van der Waals surface area contributed by atoms with Gasteiger partial charge < -0.3 is 4.90 Å². The smallest absolute Gasteiger partial charge is 0.0518 e. The first-order valence-electron chi connectivity index (χ1n) is 7.49. The Bertz CT molecular complexity index is 345. The van der Waals surface area contributed by atoms with E-state index in [4.69, 9.17) is 0 Å². The SMILES string of the molecule is CCCCCN1CCC[C@@H](Cn2cc(C)cn2)C1. The van der Waals surface area contributed by atoms with Crippen molar-refractivity contribution in [3.63, 3.8) is 0 Å². The zero-order valence-electron chi connectivity index (χ0n) is 11.9. The Kier molecular flexibility index (Phi) is 5.24. The molecule has 0 spiro atoms. The van der Waals surface area contributed by atoms with E-state index in [2.05, 4.69) is 34.7 Å². The third-order valence-electron chi connectivity index (χ3n) is 3.89. The van der Waals surface area contributed by atoms with E-state index in [1.807, 2.05) is 6.20 Å². The molecule has 0 amide bonds. The third kappa shape index (κ3) is 4.13. The molecule has 1 saturated heterocycles. The maximum Gasteiger partial charge on any atom is 0.0518 e. The van der Waals surface area contributed by atoms with Gasteiger partial charge in [0.15, 0.2) is 0 Å². The molecule has 0 aromatic carbocycles. The van der Waals surface area contributed by atoms with Gasteiger partial charge in [-0.2, -0.15) is 5.10 Å². The minimum Gasteiger partial charge on any atom is -0.303 e. The van der Waals surface area contributed by atoms with E-state index >= 15 is 0 Å². The summed E-state index contributed by atoms with van der Waals surface area (Å²) in [5.74, 6) is 0.791. The van der Waals surface area contributed by atoms with Gasteiger partial charge in [0.2, 0.25) is 0 Å². The summed E-state index contributed by atoms with van der Waals surface area (Å²) >= 11 is 0. The van der Waals surface area contributed by atoms with Crippen molar-refractivity contribution < 1.29 is 0 Å². The molecule has 0 radical (unpaired) electrons. The van der Waals surface area contributed by atoms with E-state index in [0.717, 1.165) is 12.5 Å². The average molecular weight is 249 g/mol. The summed E-state index contributed by atoms with van der Waals surface area (Å²) in [5.41, 5.74) is 1.27. The van der Waals surface area contributed by atoms with Gasteiger partial charge in [-0.1, -0.05) is 19.8 Å². The maximum absolute atomic E-state index is 4.41. The van der Waals surface area contributed by atoms with Crippen molar-refractivity contribution in [2.75, 3.05) is 19.6 Å². The number of hydrogen-bond acceptors (Lipinski definition) is 2. The first-order chi connectivity index (χ1) is 8.78. The van der Waals surface area contributed by atoms with Crippen molar-refractivity contribution in [2.24, 2.45) is 5.92 Å². The topological polar surface area (TPSA) is 21.1 Å². The fourth-order valence-corrected chi connectivity index (χ4v) is 2.92. The standard InChI is InChI=1S/C15H27N3/c1-3-4-5-8-17-9-6-7-15(12-17)13-18-11-14(2)10-16-18/h10-11,15H,3-9,12-13H2,1-2H3/t15-/m1/s1. The number of rotatable bonds is 6. The molecule has 2 heterocycles. The maximum atomic E-state index is 4.41. The summed E-state index contributed by atoms with van der Waals surface area (Å²) in [7, 11) is 0. The molecule has 2 rings (SSSR count). The number of nitrogens with zero attached hydrogens (tertiary/aromatic N) is 3. The van der Waals surface area contributed by atoms with E-state index in [1.165, 1.54) is 57.3 Å². The molecule has 0 bridgehead atoms. The molecule has 3 heteroatoms. The highest BCUT2D eigenvalue weighted by Gasteiger charge is 2.19. The fourth-order valence-electron chi connectivity index (χ4n) is 2.92. The molecule has 1 aromatic rings. The highest BCUT2D eigenvalue weighted by molar-refractivity contribution is 4.99. The van der Waals surface area contributed by atoms with Crippen LogP contribution in [0.5, 0.6) is 0 Å². The predicted octanol–water partition coefficient (Wildman–Crippen LogP) is 3.09. The number of piperidine rings is 1. The Morgan fingerprint density at radius 1 is 1.39 bits per heavy atom. The number of likely N-dealkylation sites (tertiary alicyclic amines) is 1. The lowest BCUT2D eigenvalue weighted by molar-refractivity contribution is 0.157. The first-order valence-corrected chi connectivity index (χ1v) is 7.49. The summed E-state index contributed by atoms with van der Waals surface area (Å²) in [5, 5.41) is 4.41. The van der Waals surface area contributed by atoms with Crippen molar-refractivity contribution >= 4 is 0 Å². The lowest BCUT2D eigenvalue weighted by atomic mass is 9.98. The largest absolute Gasteiger partial charge is 0.303 e. The molecule has 0 saturated carbocycles. The fraction of sp³-hybridized carbons (Fsp3) is 0.800. The Balaban J connectivity index is 1.76. The van der Waals surface area contributed by atoms with E-state index in [-0.39, 0.29) is 0 Å². The van der Waals surface area contributed by atoms with Crippen LogP contribution < -0.4 is 0 Å². The van der Waals surface area contributed by atoms with Gasteiger partial charge in [-0.15, -0.1) is 0 Å². The first kappa shape index (κ1) is 13.6. The second-order valence-corrected chi connectivity index (χ2v) is 5.76. The van der Waals surface area contributed by atoms with Crippen LogP contribution in [0.25, 0.3) is 0 Å². The van der Waals surface area contributed by atoms with Crippen LogP contribution in [0.15, 0.2) is 12.4 Å². The van der Waals surface area contributed by atoms with Crippen LogP contribution in [0, 0.1) is 12.8 Å². The van der Waals surface area contributed by atoms with Crippen LogP contribution in [0.4, 0.5) is 0 Å². The average Bonchev–Trinajstić information content (AvgIpc) is 2.76. The molecule has 0 unspecified atom stereocenters. The predicted molar refractivity (Wildman–Crippen MR) is 75.7 cm³/mol. The molecule has 1 aliphatic rings. The Hall–Kier alpha value is -0.830. The summed E-state index contributed by atoms with van der Waals surface area (Å²) in [6.45, 7) is 9.35. The minimum absolute atomic E-state index is 0.791. The monoisotopic (exact) mass is 249 g/mol. The molecule has 1 aliphatic heterocycles. The molecule has 3 nitrogen and oxygen atoms in total. The summed E-state index contributed by atoms with van der Waals surface area (Å²) in [6.07, 6.45) is 10.9. The van der Waals surface area contributed by atoms with Gasteiger partial charge in [-0.05, 0) is 50.8 Å². The molecular formula is C15H27N3. The Labute approximate surface area is 111 Å². The number of unbranched alkanes of at least 4 members (excludes halogenated alkanes) is 2. The highest BCUT2D eigenvalue weighted by atomic mass is 15.3. The number of aromatic nitrogens is 2. The third-order valence-corrected chi connectivity index (χ3v) is 3.89. The zero-order valence-corrected chi connectivity index (χ0v) is 11.9. The Morgan fingerprint density at radius 2 is 2.28 bits per heavy atom. The van der Waals surface area contributed by atoms with Gasteiger partial charge in [-0.3, -0.25) is 4.68 Å². The lowest BCUT2D eigenvalue weighted by Gasteiger charge is -2.32. The molecule has 1 aromatic heterocycles. The van der Waals surface area contributed by atoms with Crippen molar-refractivity contribution in [2.45, 2.75) is 52.5 Å². The minimum atomic E-state index is 0.791. The number of aryl methyl sites for hydroxylation is 1. The van der Waals surface area contributed by atoms with Crippen molar-refractivity contribution in [3.05, 3.63) is 18.0 Å². The molecule has 1 atom stereocenters. The number of hydrogen-bond donors (Lipinski definition) is 0.